The smallest absolute Gasteiger partial charge is 0.0959 e. The summed E-state index contributed by atoms with van der Waals surface area (Å²) >= 11 is 1.79. The van der Waals surface area contributed by atoms with Crippen molar-refractivity contribution in [2.75, 3.05) is 26.3 Å². The maximum Gasteiger partial charge on any atom is 0.0959 e. The maximum atomic E-state index is 9.10. The summed E-state index contributed by atoms with van der Waals surface area (Å²) < 4.78 is 0. The van der Waals surface area contributed by atoms with Crippen LogP contribution in [0.25, 0.3) is 0 Å². The van der Waals surface area contributed by atoms with E-state index in [4.69, 9.17) is 15.2 Å². The Balaban J connectivity index is 1.89. The predicted octanol–water partition coefficient (Wildman–Crippen LogP) is 2.37. The van der Waals surface area contributed by atoms with E-state index in [-0.39, 0.29) is 13.2 Å². The summed E-state index contributed by atoms with van der Waals surface area (Å²) in [5, 5.41) is 21.5. The van der Waals surface area contributed by atoms with Crippen LogP contribution in [-0.2, 0) is 6.54 Å². The van der Waals surface area contributed by atoms with Crippen LogP contribution in [0.15, 0.2) is 5.38 Å². The van der Waals surface area contributed by atoms with Gasteiger partial charge in [-0.2, -0.15) is 0 Å². The molecule has 114 valence electrons. The highest BCUT2D eigenvalue weighted by Gasteiger charge is 2.19. The molecule has 0 atom stereocenters. The first-order chi connectivity index (χ1) is 9.83. The van der Waals surface area contributed by atoms with E-state index in [1.54, 1.807) is 11.3 Å². The van der Waals surface area contributed by atoms with Crippen LogP contribution in [0, 0.1) is 0 Å². The minimum Gasteiger partial charge on any atom is -0.396 e. The molecule has 0 amide bonds. The van der Waals surface area contributed by atoms with Crippen LogP contribution < -0.4 is 0 Å². The first-order valence-electron chi connectivity index (χ1n) is 7.72. The average Bonchev–Trinajstić information content (AvgIpc) is 2.94. The van der Waals surface area contributed by atoms with E-state index in [2.05, 4.69) is 10.3 Å². The van der Waals surface area contributed by atoms with E-state index in [0.29, 0.717) is 12.5 Å². The van der Waals surface area contributed by atoms with E-state index in [1.807, 2.05) is 0 Å². The number of hydrogen-bond donors (Lipinski definition) is 2. The molecular formula is C15H26N2O2S. The zero-order valence-electron chi connectivity index (χ0n) is 12.1. The van der Waals surface area contributed by atoms with Crippen molar-refractivity contribution in [2.24, 2.45) is 0 Å². The minimum absolute atomic E-state index is 0.158. The molecule has 1 fully saturated rings. The molecular weight excluding hydrogens is 272 g/mol. The number of rotatable bonds is 8. The summed E-state index contributed by atoms with van der Waals surface area (Å²) in [4.78, 5) is 6.96. The van der Waals surface area contributed by atoms with Gasteiger partial charge >= 0.3 is 0 Å². The van der Waals surface area contributed by atoms with Crippen molar-refractivity contribution in [2.45, 2.75) is 51.0 Å². The summed E-state index contributed by atoms with van der Waals surface area (Å²) in [7, 11) is 0. The zero-order valence-corrected chi connectivity index (χ0v) is 12.9. The lowest BCUT2D eigenvalue weighted by atomic mass is 9.90. The summed E-state index contributed by atoms with van der Waals surface area (Å²) in [5.41, 5.74) is 1.11. The Kier molecular flexibility index (Phi) is 6.93. The summed E-state index contributed by atoms with van der Waals surface area (Å²) in [6.07, 6.45) is 7.38. The largest absolute Gasteiger partial charge is 0.396 e. The van der Waals surface area contributed by atoms with Gasteiger partial charge in [-0.25, -0.2) is 4.98 Å². The Hall–Kier alpha value is -0.490. The molecule has 1 aromatic heterocycles. The van der Waals surface area contributed by atoms with Gasteiger partial charge in [0.2, 0.25) is 0 Å². The van der Waals surface area contributed by atoms with Crippen molar-refractivity contribution in [3.05, 3.63) is 16.1 Å². The number of aromatic nitrogens is 1. The predicted molar refractivity (Wildman–Crippen MR) is 82.0 cm³/mol. The Bertz CT molecular complexity index is 378. The number of thiazole rings is 1. The summed E-state index contributed by atoms with van der Waals surface area (Å²) in [5.74, 6) is 0.672. The third kappa shape index (κ3) is 4.81. The second kappa shape index (κ2) is 8.72. The third-order valence-electron chi connectivity index (χ3n) is 3.96. The van der Waals surface area contributed by atoms with Gasteiger partial charge in [-0.1, -0.05) is 19.3 Å². The molecule has 1 aromatic rings. The van der Waals surface area contributed by atoms with Crippen molar-refractivity contribution < 1.29 is 10.2 Å². The number of aliphatic hydroxyl groups excluding tert-OH is 2. The van der Waals surface area contributed by atoms with Crippen molar-refractivity contribution in [1.82, 2.24) is 9.88 Å². The van der Waals surface area contributed by atoms with Crippen LogP contribution in [0.1, 0.15) is 55.1 Å². The van der Waals surface area contributed by atoms with Crippen LogP contribution in [0.4, 0.5) is 0 Å². The van der Waals surface area contributed by atoms with Crippen LogP contribution in [0.3, 0.4) is 0 Å². The van der Waals surface area contributed by atoms with Crippen molar-refractivity contribution >= 4 is 11.3 Å². The first-order valence-corrected chi connectivity index (χ1v) is 8.60. The molecule has 0 radical (unpaired) electrons. The Morgan fingerprint density at radius 3 is 2.65 bits per heavy atom. The fraction of sp³-hybridized carbons (Fsp3) is 0.800. The average molecular weight is 298 g/mol. The lowest BCUT2D eigenvalue weighted by Crippen LogP contribution is -2.28. The Labute approximate surface area is 125 Å². The molecule has 1 aliphatic carbocycles. The molecule has 2 rings (SSSR count). The summed E-state index contributed by atoms with van der Waals surface area (Å²) in [6.45, 7) is 2.60. The van der Waals surface area contributed by atoms with E-state index in [0.717, 1.165) is 25.2 Å². The van der Waals surface area contributed by atoms with Gasteiger partial charge < -0.3 is 10.2 Å². The zero-order chi connectivity index (χ0) is 14.2. The van der Waals surface area contributed by atoms with Gasteiger partial charge in [0.05, 0.1) is 17.3 Å². The first kappa shape index (κ1) is 15.9. The second-order valence-corrected chi connectivity index (χ2v) is 6.48. The lowest BCUT2D eigenvalue weighted by molar-refractivity contribution is 0.173. The van der Waals surface area contributed by atoms with Gasteiger partial charge in [0, 0.05) is 37.5 Å². The minimum atomic E-state index is 0.158. The SMILES string of the molecule is OCCCN(CCO)Cc1csc(C2CCCCC2)n1. The van der Waals surface area contributed by atoms with E-state index in [1.165, 1.54) is 37.1 Å². The highest BCUT2D eigenvalue weighted by atomic mass is 32.1. The van der Waals surface area contributed by atoms with Crippen LogP contribution in [0.2, 0.25) is 0 Å². The van der Waals surface area contributed by atoms with E-state index in [9.17, 15) is 0 Å². The fourth-order valence-electron chi connectivity index (χ4n) is 2.87. The molecule has 5 heteroatoms. The van der Waals surface area contributed by atoms with Crippen LogP contribution in [-0.4, -0.2) is 46.4 Å². The van der Waals surface area contributed by atoms with Gasteiger partial charge in [0.15, 0.2) is 0 Å². The van der Waals surface area contributed by atoms with E-state index < -0.39 is 0 Å². The molecule has 20 heavy (non-hydrogen) atoms. The second-order valence-electron chi connectivity index (χ2n) is 5.59. The monoisotopic (exact) mass is 298 g/mol. The molecule has 2 N–H and O–H groups in total. The van der Waals surface area contributed by atoms with Gasteiger partial charge in [0.25, 0.3) is 0 Å². The molecule has 4 nitrogen and oxygen atoms in total. The molecule has 0 spiro atoms. The number of hydrogen-bond acceptors (Lipinski definition) is 5. The standard InChI is InChI=1S/C15H26N2O2S/c18-9-4-7-17(8-10-19)11-14-12-20-15(16-14)13-5-2-1-3-6-13/h12-13,18-19H,1-11H2. The highest BCUT2D eigenvalue weighted by Crippen LogP contribution is 2.34. The molecule has 0 unspecified atom stereocenters. The maximum absolute atomic E-state index is 9.10. The fourth-order valence-corrected chi connectivity index (χ4v) is 3.85. The lowest BCUT2D eigenvalue weighted by Gasteiger charge is -2.20. The summed E-state index contributed by atoms with van der Waals surface area (Å²) in [6, 6.07) is 0. The molecule has 1 aliphatic rings. The van der Waals surface area contributed by atoms with Crippen molar-refractivity contribution in [3.8, 4) is 0 Å². The molecule has 1 saturated carbocycles. The van der Waals surface area contributed by atoms with Crippen LogP contribution >= 0.6 is 11.3 Å². The third-order valence-corrected chi connectivity index (χ3v) is 5.01. The Morgan fingerprint density at radius 2 is 1.95 bits per heavy atom. The van der Waals surface area contributed by atoms with Gasteiger partial charge in [0.1, 0.15) is 0 Å². The van der Waals surface area contributed by atoms with Crippen molar-refractivity contribution in [1.29, 1.82) is 0 Å². The molecule has 0 aromatic carbocycles. The highest BCUT2D eigenvalue weighted by molar-refractivity contribution is 7.09. The van der Waals surface area contributed by atoms with Crippen molar-refractivity contribution in [3.63, 3.8) is 0 Å². The molecule has 0 aliphatic heterocycles. The quantitative estimate of drug-likeness (QED) is 0.773. The van der Waals surface area contributed by atoms with Gasteiger partial charge in [-0.15, -0.1) is 11.3 Å². The van der Waals surface area contributed by atoms with Gasteiger partial charge in [-0.05, 0) is 19.3 Å². The topological polar surface area (TPSA) is 56.6 Å². The number of aliphatic hydroxyl groups is 2. The van der Waals surface area contributed by atoms with E-state index >= 15 is 0 Å². The van der Waals surface area contributed by atoms with Gasteiger partial charge in [-0.3, -0.25) is 4.90 Å². The number of nitrogens with zero attached hydrogens (tertiary/aromatic N) is 2. The Morgan fingerprint density at radius 1 is 1.15 bits per heavy atom. The van der Waals surface area contributed by atoms with Crippen LogP contribution in [0.5, 0.6) is 0 Å². The molecule has 0 saturated heterocycles. The normalized spacial score (nSPS) is 16.9. The molecule has 0 bridgehead atoms. The molecule has 1 heterocycles.